The summed E-state index contributed by atoms with van der Waals surface area (Å²) in [7, 11) is -0.412. The molecule has 2 rings (SSSR count). The van der Waals surface area contributed by atoms with Crippen molar-refractivity contribution >= 4 is 21.5 Å². The van der Waals surface area contributed by atoms with Crippen LogP contribution in [0.1, 0.15) is 10.6 Å². The fraction of sp³-hybridized carbons (Fsp3) is 0.308. The van der Waals surface area contributed by atoms with Gasteiger partial charge >= 0.3 is 0 Å². The maximum Gasteiger partial charge on any atom is 0.279 e. The van der Waals surface area contributed by atoms with E-state index in [2.05, 4.69) is 9.71 Å². The number of aromatic nitrogens is 1. The topological polar surface area (TPSA) is 62.3 Å². The van der Waals surface area contributed by atoms with Crippen LogP contribution in [-0.4, -0.2) is 31.8 Å². The SMILES string of the molecule is Cc1nc(-c2ccccc2)sc1CNS(=O)(=O)N(C)C. The zero-order valence-electron chi connectivity index (χ0n) is 11.6. The van der Waals surface area contributed by atoms with Crippen LogP contribution in [0.4, 0.5) is 0 Å². The van der Waals surface area contributed by atoms with E-state index in [1.165, 1.54) is 25.4 Å². The monoisotopic (exact) mass is 311 g/mol. The zero-order valence-corrected chi connectivity index (χ0v) is 13.3. The van der Waals surface area contributed by atoms with E-state index in [1.807, 2.05) is 37.3 Å². The highest BCUT2D eigenvalue weighted by molar-refractivity contribution is 7.87. The number of hydrogen-bond donors (Lipinski definition) is 1. The number of benzene rings is 1. The Labute approximate surface area is 123 Å². The van der Waals surface area contributed by atoms with Gasteiger partial charge in [-0.05, 0) is 6.92 Å². The highest BCUT2D eigenvalue weighted by atomic mass is 32.2. The van der Waals surface area contributed by atoms with Crippen LogP contribution in [0.15, 0.2) is 30.3 Å². The van der Waals surface area contributed by atoms with E-state index in [0.717, 1.165) is 25.4 Å². The van der Waals surface area contributed by atoms with Crippen molar-refractivity contribution in [1.82, 2.24) is 14.0 Å². The van der Waals surface area contributed by atoms with Crippen LogP contribution in [0.2, 0.25) is 0 Å². The molecule has 0 spiro atoms. The van der Waals surface area contributed by atoms with Crippen molar-refractivity contribution in [2.24, 2.45) is 0 Å². The van der Waals surface area contributed by atoms with E-state index in [1.54, 1.807) is 0 Å². The molecule has 0 bridgehead atoms. The van der Waals surface area contributed by atoms with Gasteiger partial charge < -0.3 is 0 Å². The molecule has 0 fully saturated rings. The summed E-state index contributed by atoms with van der Waals surface area (Å²) >= 11 is 1.51. The average molecular weight is 311 g/mol. The standard InChI is InChI=1S/C13H17N3O2S2/c1-10-12(9-14-20(17,18)16(2)3)19-13(15-10)11-7-5-4-6-8-11/h4-8,14H,9H2,1-3H3. The van der Waals surface area contributed by atoms with Crippen molar-refractivity contribution in [3.63, 3.8) is 0 Å². The normalized spacial score (nSPS) is 12.0. The molecule has 1 N–H and O–H groups in total. The third-order valence-corrected chi connectivity index (χ3v) is 5.49. The molecule has 0 aliphatic rings. The van der Waals surface area contributed by atoms with Gasteiger partial charge in [0, 0.05) is 31.1 Å². The molecule has 2 aromatic rings. The molecular weight excluding hydrogens is 294 g/mol. The summed E-state index contributed by atoms with van der Waals surface area (Å²) in [4.78, 5) is 5.42. The Hall–Kier alpha value is -1.28. The zero-order chi connectivity index (χ0) is 14.8. The predicted molar refractivity (Wildman–Crippen MR) is 81.7 cm³/mol. The molecule has 0 unspecified atom stereocenters. The van der Waals surface area contributed by atoms with E-state index >= 15 is 0 Å². The molecule has 0 aliphatic heterocycles. The summed E-state index contributed by atoms with van der Waals surface area (Å²) in [6.07, 6.45) is 0. The maximum absolute atomic E-state index is 11.7. The number of nitrogens with zero attached hydrogens (tertiary/aromatic N) is 2. The Balaban J connectivity index is 2.17. The van der Waals surface area contributed by atoms with Crippen LogP contribution >= 0.6 is 11.3 Å². The number of aryl methyl sites for hydroxylation is 1. The second kappa shape index (κ2) is 6.01. The Morgan fingerprint density at radius 3 is 2.50 bits per heavy atom. The number of thiazole rings is 1. The van der Waals surface area contributed by atoms with Gasteiger partial charge in [-0.25, -0.2) is 4.98 Å². The largest absolute Gasteiger partial charge is 0.279 e. The average Bonchev–Trinajstić information content (AvgIpc) is 2.79. The highest BCUT2D eigenvalue weighted by Crippen LogP contribution is 2.27. The van der Waals surface area contributed by atoms with Crippen LogP contribution in [0.3, 0.4) is 0 Å². The first-order valence-electron chi connectivity index (χ1n) is 6.09. The minimum atomic E-state index is -3.41. The summed E-state index contributed by atoms with van der Waals surface area (Å²) < 4.78 is 27.1. The van der Waals surface area contributed by atoms with Gasteiger partial charge in [-0.3, -0.25) is 0 Å². The van der Waals surface area contributed by atoms with Gasteiger partial charge in [0.05, 0.1) is 5.69 Å². The Kier molecular flexibility index (Phi) is 4.54. The number of rotatable bonds is 5. The van der Waals surface area contributed by atoms with E-state index < -0.39 is 10.2 Å². The summed E-state index contributed by atoms with van der Waals surface area (Å²) in [6.45, 7) is 2.15. The fourth-order valence-corrected chi connectivity index (χ4v) is 3.27. The molecule has 20 heavy (non-hydrogen) atoms. The first kappa shape index (κ1) is 15.1. The van der Waals surface area contributed by atoms with E-state index in [0.29, 0.717) is 0 Å². The molecule has 1 heterocycles. The molecule has 0 radical (unpaired) electrons. The van der Waals surface area contributed by atoms with Gasteiger partial charge in [0.15, 0.2) is 0 Å². The second-order valence-corrected chi connectivity index (χ2v) is 7.55. The molecule has 0 aliphatic carbocycles. The van der Waals surface area contributed by atoms with Gasteiger partial charge in [-0.1, -0.05) is 30.3 Å². The Morgan fingerprint density at radius 2 is 1.90 bits per heavy atom. The van der Waals surface area contributed by atoms with Gasteiger partial charge in [-0.15, -0.1) is 11.3 Å². The summed E-state index contributed by atoms with van der Waals surface area (Å²) in [5.41, 5.74) is 1.90. The lowest BCUT2D eigenvalue weighted by Crippen LogP contribution is -2.35. The Morgan fingerprint density at radius 1 is 1.25 bits per heavy atom. The third kappa shape index (κ3) is 3.43. The lowest BCUT2D eigenvalue weighted by molar-refractivity contribution is 0.505. The molecular formula is C13H17N3O2S2. The first-order valence-corrected chi connectivity index (χ1v) is 8.34. The lowest BCUT2D eigenvalue weighted by Gasteiger charge is -2.11. The van der Waals surface area contributed by atoms with Gasteiger partial charge in [0.2, 0.25) is 0 Å². The van der Waals surface area contributed by atoms with Crippen molar-refractivity contribution in [3.8, 4) is 10.6 Å². The van der Waals surface area contributed by atoms with Gasteiger partial charge in [0.25, 0.3) is 10.2 Å². The van der Waals surface area contributed by atoms with Crippen molar-refractivity contribution < 1.29 is 8.42 Å². The maximum atomic E-state index is 11.7. The first-order chi connectivity index (χ1) is 9.40. The van der Waals surface area contributed by atoms with Crippen LogP contribution < -0.4 is 4.72 Å². The Bertz CT molecular complexity index is 679. The highest BCUT2D eigenvalue weighted by Gasteiger charge is 2.15. The molecule has 108 valence electrons. The van der Waals surface area contributed by atoms with E-state index in [4.69, 9.17) is 0 Å². The van der Waals surface area contributed by atoms with Gasteiger partial charge in [0.1, 0.15) is 5.01 Å². The smallest absolute Gasteiger partial charge is 0.241 e. The molecule has 0 saturated heterocycles. The van der Waals surface area contributed by atoms with Crippen LogP contribution in [-0.2, 0) is 16.8 Å². The quantitative estimate of drug-likeness (QED) is 0.919. The molecule has 7 heteroatoms. The molecule has 0 atom stereocenters. The fourth-order valence-electron chi connectivity index (χ4n) is 1.58. The third-order valence-electron chi connectivity index (χ3n) is 2.81. The van der Waals surface area contributed by atoms with E-state index in [-0.39, 0.29) is 6.54 Å². The lowest BCUT2D eigenvalue weighted by atomic mass is 10.2. The molecule has 5 nitrogen and oxygen atoms in total. The molecule has 1 aromatic heterocycles. The summed E-state index contributed by atoms with van der Waals surface area (Å²) in [5.74, 6) is 0. The van der Waals surface area contributed by atoms with Crippen molar-refractivity contribution in [2.75, 3.05) is 14.1 Å². The van der Waals surface area contributed by atoms with Crippen LogP contribution in [0.5, 0.6) is 0 Å². The van der Waals surface area contributed by atoms with Crippen LogP contribution in [0.25, 0.3) is 10.6 Å². The second-order valence-electron chi connectivity index (χ2n) is 4.50. The van der Waals surface area contributed by atoms with Crippen molar-refractivity contribution in [2.45, 2.75) is 13.5 Å². The predicted octanol–water partition coefficient (Wildman–Crippen LogP) is 2.01. The molecule has 0 amide bonds. The molecule has 1 aromatic carbocycles. The minimum absolute atomic E-state index is 0.261. The van der Waals surface area contributed by atoms with E-state index in [9.17, 15) is 8.42 Å². The summed E-state index contributed by atoms with van der Waals surface area (Å²) in [5, 5.41) is 0.905. The van der Waals surface area contributed by atoms with Gasteiger partial charge in [-0.2, -0.15) is 17.4 Å². The summed E-state index contributed by atoms with van der Waals surface area (Å²) in [6, 6.07) is 9.86. The minimum Gasteiger partial charge on any atom is -0.241 e. The van der Waals surface area contributed by atoms with Crippen molar-refractivity contribution in [3.05, 3.63) is 40.9 Å². The number of hydrogen-bond acceptors (Lipinski definition) is 4. The number of nitrogens with one attached hydrogen (secondary N) is 1. The molecule has 0 saturated carbocycles. The van der Waals surface area contributed by atoms with Crippen LogP contribution in [0, 0.1) is 6.92 Å². The van der Waals surface area contributed by atoms with Crippen molar-refractivity contribution in [1.29, 1.82) is 0 Å².